The summed E-state index contributed by atoms with van der Waals surface area (Å²) in [5.41, 5.74) is 5.46. The van der Waals surface area contributed by atoms with Crippen LogP contribution in [0.3, 0.4) is 0 Å². The van der Waals surface area contributed by atoms with Crippen LogP contribution in [0.4, 0.5) is 0 Å². The molecular weight excluding hydrogens is 296 g/mol. The summed E-state index contributed by atoms with van der Waals surface area (Å²) in [5.74, 6) is 0.856. The number of hydrogen-bond donors (Lipinski definition) is 0. The minimum Gasteiger partial charge on any atom is -0.408 e. The van der Waals surface area contributed by atoms with Crippen molar-refractivity contribution in [2.45, 2.75) is 58.2 Å². The summed E-state index contributed by atoms with van der Waals surface area (Å²) >= 11 is 0. The maximum atomic E-state index is 5.90. The predicted molar refractivity (Wildman–Crippen MR) is 103 cm³/mol. The van der Waals surface area contributed by atoms with Crippen LogP contribution in [0.5, 0.6) is 5.75 Å². The summed E-state index contributed by atoms with van der Waals surface area (Å²) in [5, 5.41) is 2.31. The second kappa shape index (κ2) is 7.23. The second-order valence-electron chi connectivity index (χ2n) is 7.20. The van der Waals surface area contributed by atoms with Crippen LogP contribution in [-0.4, -0.2) is 8.07 Å². The van der Waals surface area contributed by atoms with Crippen LogP contribution >= 0.6 is 0 Å². The lowest BCUT2D eigenvalue weighted by Gasteiger charge is -2.37. The van der Waals surface area contributed by atoms with Crippen LogP contribution < -0.4 is 4.74 Å². The Morgan fingerprint density at radius 1 is 0.783 bits per heavy atom. The van der Waals surface area contributed by atoms with Crippen molar-refractivity contribution >= 4 is 18.8 Å². The van der Waals surface area contributed by atoms with Gasteiger partial charge >= 0.3 is 0 Å². The third-order valence-corrected chi connectivity index (χ3v) is 11.3. The van der Waals surface area contributed by atoms with Crippen molar-refractivity contribution in [1.29, 1.82) is 0 Å². The highest BCUT2D eigenvalue weighted by Crippen LogP contribution is 2.40. The van der Waals surface area contributed by atoms with Crippen molar-refractivity contribution in [3.8, 4) is 17.4 Å². The first-order valence-corrected chi connectivity index (χ1v) is 10.8. The number of fused-ring (bicyclic) bond motifs is 1. The summed E-state index contributed by atoms with van der Waals surface area (Å²) in [6.45, 7) is 13.9. The molecule has 0 aromatic heterocycles. The number of ether oxygens (including phenoxy) is 1. The topological polar surface area (TPSA) is 9.23 Å². The van der Waals surface area contributed by atoms with Gasteiger partial charge in [0.15, 0.2) is 8.07 Å². The Labute approximate surface area is 142 Å². The van der Waals surface area contributed by atoms with Crippen molar-refractivity contribution < 1.29 is 4.74 Å². The zero-order valence-electron chi connectivity index (χ0n) is 15.2. The van der Waals surface area contributed by atoms with E-state index in [1.807, 2.05) is 24.3 Å². The van der Waals surface area contributed by atoms with Gasteiger partial charge in [-0.2, -0.15) is 0 Å². The van der Waals surface area contributed by atoms with E-state index in [0.29, 0.717) is 16.6 Å². The zero-order chi connectivity index (χ0) is 17.0. The van der Waals surface area contributed by atoms with Gasteiger partial charge in [0.25, 0.3) is 0 Å². The number of rotatable bonds is 4. The molecule has 0 spiro atoms. The SMILES string of the molecule is CC(C)[Si](C#COc1cccc2ccccc12)(C(C)C)C(C)C. The van der Waals surface area contributed by atoms with Crippen LogP contribution in [0.2, 0.25) is 16.6 Å². The lowest BCUT2D eigenvalue weighted by molar-refractivity contribution is 0.526. The van der Waals surface area contributed by atoms with E-state index in [4.69, 9.17) is 4.74 Å². The van der Waals surface area contributed by atoms with E-state index in [-0.39, 0.29) is 0 Å². The quantitative estimate of drug-likeness (QED) is 0.467. The lowest BCUT2D eigenvalue weighted by atomic mass is 10.1. The monoisotopic (exact) mass is 324 g/mol. The Kier molecular flexibility index (Phi) is 5.54. The van der Waals surface area contributed by atoms with Crippen LogP contribution in [0.25, 0.3) is 10.8 Å². The van der Waals surface area contributed by atoms with Gasteiger partial charge in [-0.25, -0.2) is 0 Å². The van der Waals surface area contributed by atoms with Gasteiger partial charge < -0.3 is 4.74 Å². The van der Waals surface area contributed by atoms with Crippen LogP contribution in [0.15, 0.2) is 42.5 Å². The molecule has 122 valence electrons. The molecule has 23 heavy (non-hydrogen) atoms. The number of benzene rings is 2. The van der Waals surface area contributed by atoms with Gasteiger partial charge in [-0.05, 0) is 28.1 Å². The smallest absolute Gasteiger partial charge is 0.150 e. The third kappa shape index (κ3) is 3.46. The Morgan fingerprint density at radius 3 is 1.96 bits per heavy atom. The Hall–Kier alpha value is -1.72. The highest BCUT2D eigenvalue weighted by molar-refractivity contribution is 6.90. The van der Waals surface area contributed by atoms with Crippen molar-refractivity contribution in [2.24, 2.45) is 0 Å². The first-order valence-electron chi connectivity index (χ1n) is 8.56. The average Bonchev–Trinajstić information content (AvgIpc) is 2.50. The van der Waals surface area contributed by atoms with Gasteiger partial charge in [-0.15, -0.1) is 0 Å². The predicted octanol–water partition coefficient (Wildman–Crippen LogP) is 6.40. The van der Waals surface area contributed by atoms with Crippen molar-refractivity contribution in [2.75, 3.05) is 0 Å². The van der Waals surface area contributed by atoms with E-state index in [9.17, 15) is 0 Å². The largest absolute Gasteiger partial charge is 0.408 e. The molecule has 0 N–H and O–H groups in total. The van der Waals surface area contributed by atoms with Crippen molar-refractivity contribution in [3.05, 3.63) is 42.5 Å². The molecule has 0 radical (unpaired) electrons. The van der Waals surface area contributed by atoms with Crippen LogP contribution in [0.1, 0.15) is 41.5 Å². The second-order valence-corrected chi connectivity index (χ2v) is 12.8. The van der Waals surface area contributed by atoms with Crippen LogP contribution in [-0.2, 0) is 0 Å². The van der Waals surface area contributed by atoms with E-state index in [1.165, 1.54) is 5.39 Å². The standard InChI is InChI=1S/C21H28OSi/c1-16(2)23(17(3)4,18(5)6)15-14-22-21-13-9-11-19-10-7-8-12-20(19)21/h7-13,16-18H,1-6H3. The summed E-state index contributed by atoms with van der Waals surface area (Å²) in [4.78, 5) is 0. The molecule has 0 aliphatic carbocycles. The summed E-state index contributed by atoms with van der Waals surface area (Å²) < 4.78 is 5.90. The Morgan fingerprint density at radius 2 is 1.35 bits per heavy atom. The molecule has 0 bridgehead atoms. The molecule has 2 rings (SSSR count). The first-order chi connectivity index (χ1) is 10.9. The van der Waals surface area contributed by atoms with E-state index >= 15 is 0 Å². The Bertz CT molecular complexity index is 692. The van der Waals surface area contributed by atoms with E-state index in [1.54, 1.807) is 0 Å². The average molecular weight is 325 g/mol. The molecule has 0 heterocycles. The molecular formula is C21H28OSi. The molecule has 0 unspecified atom stereocenters. The highest BCUT2D eigenvalue weighted by atomic mass is 28.3. The zero-order valence-corrected chi connectivity index (χ0v) is 16.2. The fourth-order valence-corrected chi connectivity index (χ4v) is 8.98. The molecule has 1 nitrogen and oxygen atoms in total. The lowest BCUT2D eigenvalue weighted by Crippen LogP contribution is -2.43. The molecule has 0 aliphatic heterocycles. The fraction of sp³-hybridized carbons (Fsp3) is 0.429. The molecule has 0 saturated heterocycles. The molecule has 0 amide bonds. The van der Waals surface area contributed by atoms with Gasteiger partial charge in [0.05, 0.1) is 0 Å². The number of hydrogen-bond acceptors (Lipinski definition) is 1. The normalized spacial score (nSPS) is 11.9. The maximum absolute atomic E-state index is 5.90. The summed E-state index contributed by atoms with van der Waals surface area (Å²) in [7, 11) is -1.74. The first kappa shape index (κ1) is 17.6. The van der Waals surface area contributed by atoms with Crippen molar-refractivity contribution in [3.63, 3.8) is 0 Å². The van der Waals surface area contributed by atoms with Gasteiger partial charge in [-0.1, -0.05) is 83.5 Å². The van der Waals surface area contributed by atoms with Gasteiger partial charge in [0.2, 0.25) is 0 Å². The van der Waals surface area contributed by atoms with E-state index < -0.39 is 8.07 Å². The molecule has 2 aromatic carbocycles. The van der Waals surface area contributed by atoms with E-state index in [2.05, 4.69) is 71.4 Å². The molecule has 0 fully saturated rings. The third-order valence-electron chi connectivity index (χ3n) is 5.04. The summed E-state index contributed by atoms with van der Waals surface area (Å²) in [6, 6.07) is 14.4. The molecule has 2 aromatic rings. The molecule has 2 heteroatoms. The minimum atomic E-state index is -1.74. The molecule has 0 atom stereocenters. The highest BCUT2D eigenvalue weighted by Gasteiger charge is 2.42. The minimum absolute atomic E-state index is 0.617. The van der Waals surface area contributed by atoms with Gasteiger partial charge in [0, 0.05) is 5.39 Å². The molecule has 0 saturated carbocycles. The van der Waals surface area contributed by atoms with E-state index in [0.717, 1.165) is 11.1 Å². The Balaban J connectivity index is 2.37. The molecule has 0 aliphatic rings. The van der Waals surface area contributed by atoms with Gasteiger partial charge in [-0.3, -0.25) is 0 Å². The fourth-order valence-electron chi connectivity index (χ4n) is 3.89. The van der Waals surface area contributed by atoms with Crippen LogP contribution in [0, 0.1) is 11.7 Å². The summed E-state index contributed by atoms with van der Waals surface area (Å²) in [6.07, 6.45) is 3.09. The van der Waals surface area contributed by atoms with Gasteiger partial charge in [0.1, 0.15) is 11.9 Å². The van der Waals surface area contributed by atoms with Crippen molar-refractivity contribution in [1.82, 2.24) is 0 Å². The maximum Gasteiger partial charge on any atom is 0.150 e.